The van der Waals surface area contributed by atoms with Crippen LogP contribution in [0.2, 0.25) is 0 Å². The molecule has 1 heterocycles. The van der Waals surface area contributed by atoms with Gasteiger partial charge in [0.1, 0.15) is 12.1 Å². The zero-order chi connectivity index (χ0) is 21.0. The standard InChI is InChI=1S/C20H28N4O5/c1-23(12-14-7-8-15(28-2)16(11-14)29-3)13-17(25)22-24-18(26)20(21-19(24)27)9-5-4-6-10-20/h7-8,11H,4-6,9-10,12-13H2,1-3H3,(H,21,27)(H,22,25)/p+1. The number of benzene rings is 1. The van der Waals surface area contributed by atoms with Crippen molar-refractivity contribution in [3.05, 3.63) is 23.8 Å². The lowest BCUT2D eigenvalue weighted by Crippen LogP contribution is -3.09. The molecule has 1 aromatic rings. The molecule has 1 saturated heterocycles. The number of rotatable bonds is 7. The molecule has 3 N–H and O–H groups in total. The molecule has 1 aliphatic carbocycles. The van der Waals surface area contributed by atoms with Gasteiger partial charge < -0.3 is 19.7 Å². The van der Waals surface area contributed by atoms with Crippen LogP contribution in [0.3, 0.4) is 0 Å². The monoisotopic (exact) mass is 405 g/mol. The number of nitrogens with zero attached hydrogens (tertiary/aromatic N) is 1. The maximum atomic E-state index is 12.7. The predicted molar refractivity (Wildman–Crippen MR) is 104 cm³/mol. The first-order chi connectivity index (χ1) is 13.9. The molecule has 9 nitrogen and oxygen atoms in total. The highest BCUT2D eigenvalue weighted by molar-refractivity contribution is 6.08. The first kappa shape index (κ1) is 20.9. The number of amides is 4. The van der Waals surface area contributed by atoms with Crippen LogP contribution in [-0.2, 0) is 16.1 Å². The van der Waals surface area contributed by atoms with Gasteiger partial charge in [0.2, 0.25) is 0 Å². The molecule has 0 bridgehead atoms. The number of methoxy groups -OCH3 is 2. The average molecular weight is 405 g/mol. The van der Waals surface area contributed by atoms with E-state index in [4.69, 9.17) is 9.47 Å². The Morgan fingerprint density at radius 2 is 1.86 bits per heavy atom. The SMILES string of the molecule is COc1ccc(C[NH+](C)CC(=O)NN2C(=O)NC3(CCCCC3)C2=O)cc1OC. The van der Waals surface area contributed by atoms with E-state index in [0.29, 0.717) is 30.9 Å². The summed E-state index contributed by atoms with van der Waals surface area (Å²) in [6, 6.07) is 5.04. The molecule has 1 aromatic carbocycles. The topological polar surface area (TPSA) is 101 Å². The zero-order valence-corrected chi connectivity index (χ0v) is 17.2. The van der Waals surface area contributed by atoms with Crippen LogP contribution in [0.15, 0.2) is 18.2 Å². The highest BCUT2D eigenvalue weighted by atomic mass is 16.5. The van der Waals surface area contributed by atoms with Crippen molar-refractivity contribution in [2.45, 2.75) is 44.2 Å². The summed E-state index contributed by atoms with van der Waals surface area (Å²) in [6.07, 6.45) is 4.09. The third-order valence-electron chi connectivity index (χ3n) is 5.52. The van der Waals surface area contributed by atoms with Gasteiger partial charge in [-0.3, -0.25) is 15.0 Å². The summed E-state index contributed by atoms with van der Waals surface area (Å²) >= 11 is 0. The number of urea groups is 1. The number of hydrogen-bond donors (Lipinski definition) is 3. The molecule has 0 aromatic heterocycles. The first-order valence-electron chi connectivity index (χ1n) is 9.87. The molecule has 2 aliphatic rings. The zero-order valence-electron chi connectivity index (χ0n) is 17.2. The van der Waals surface area contributed by atoms with E-state index in [1.807, 2.05) is 25.2 Å². The molecular weight excluding hydrogens is 376 g/mol. The van der Waals surface area contributed by atoms with Crippen LogP contribution in [0.25, 0.3) is 0 Å². The summed E-state index contributed by atoms with van der Waals surface area (Å²) < 4.78 is 10.5. The second-order valence-electron chi connectivity index (χ2n) is 7.75. The number of nitrogens with one attached hydrogen (secondary N) is 3. The van der Waals surface area contributed by atoms with Crippen molar-refractivity contribution in [1.29, 1.82) is 0 Å². The van der Waals surface area contributed by atoms with E-state index in [-0.39, 0.29) is 18.4 Å². The third-order valence-corrected chi connectivity index (χ3v) is 5.52. The van der Waals surface area contributed by atoms with E-state index in [1.165, 1.54) is 0 Å². The van der Waals surface area contributed by atoms with Gasteiger partial charge in [-0.1, -0.05) is 19.3 Å². The van der Waals surface area contributed by atoms with Crippen LogP contribution in [0, 0.1) is 0 Å². The molecule has 2 fully saturated rings. The highest BCUT2D eigenvalue weighted by Gasteiger charge is 2.52. The maximum absolute atomic E-state index is 12.7. The highest BCUT2D eigenvalue weighted by Crippen LogP contribution is 2.33. The Labute approximate surface area is 170 Å². The van der Waals surface area contributed by atoms with E-state index in [0.717, 1.165) is 34.7 Å². The number of likely N-dealkylation sites (N-methyl/N-ethyl adjacent to an activating group) is 1. The Morgan fingerprint density at radius 3 is 2.52 bits per heavy atom. The largest absolute Gasteiger partial charge is 0.493 e. The van der Waals surface area contributed by atoms with Crippen molar-refractivity contribution in [1.82, 2.24) is 15.8 Å². The van der Waals surface area contributed by atoms with Crippen LogP contribution < -0.4 is 25.1 Å². The lowest BCUT2D eigenvalue weighted by molar-refractivity contribution is -0.885. The normalized spacial score (nSPS) is 19.1. The van der Waals surface area contributed by atoms with Crippen molar-refractivity contribution in [2.75, 3.05) is 27.8 Å². The predicted octanol–water partition coefficient (Wildman–Crippen LogP) is 0.00440. The summed E-state index contributed by atoms with van der Waals surface area (Å²) in [6.45, 7) is 0.677. The van der Waals surface area contributed by atoms with E-state index in [1.54, 1.807) is 14.2 Å². The minimum atomic E-state index is -0.846. The molecule has 1 aliphatic heterocycles. The van der Waals surface area contributed by atoms with Gasteiger partial charge in [0.15, 0.2) is 18.0 Å². The second kappa shape index (κ2) is 8.69. The Morgan fingerprint density at radius 1 is 1.17 bits per heavy atom. The first-order valence-corrected chi connectivity index (χ1v) is 9.87. The number of imide groups is 1. The van der Waals surface area contributed by atoms with Crippen LogP contribution in [0.1, 0.15) is 37.7 Å². The van der Waals surface area contributed by atoms with Crippen molar-refractivity contribution in [3.63, 3.8) is 0 Å². The Kier molecular flexibility index (Phi) is 6.26. The summed E-state index contributed by atoms with van der Waals surface area (Å²) in [5, 5.41) is 3.63. The number of hydrazine groups is 1. The van der Waals surface area contributed by atoms with Crippen molar-refractivity contribution in [3.8, 4) is 11.5 Å². The Bertz CT molecular complexity index is 791. The summed E-state index contributed by atoms with van der Waals surface area (Å²) in [7, 11) is 5.01. The molecule has 4 amide bonds. The molecular formula is C20H29N4O5+. The summed E-state index contributed by atoms with van der Waals surface area (Å²) in [4.78, 5) is 38.3. The summed E-state index contributed by atoms with van der Waals surface area (Å²) in [5.41, 5.74) is 2.60. The quantitative estimate of drug-likeness (QED) is 0.555. The fourth-order valence-electron chi connectivity index (χ4n) is 4.06. The van der Waals surface area contributed by atoms with Gasteiger partial charge in [0, 0.05) is 5.56 Å². The summed E-state index contributed by atoms with van der Waals surface area (Å²) in [5.74, 6) is 0.522. The second-order valence-corrected chi connectivity index (χ2v) is 7.75. The fourth-order valence-corrected chi connectivity index (χ4v) is 4.06. The molecule has 158 valence electrons. The molecule has 1 atom stereocenters. The smallest absolute Gasteiger partial charge is 0.344 e. The molecule has 1 saturated carbocycles. The van der Waals surface area contributed by atoms with Gasteiger partial charge in [-0.25, -0.2) is 4.79 Å². The van der Waals surface area contributed by atoms with Gasteiger partial charge in [-0.05, 0) is 31.0 Å². The van der Waals surface area contributed by atoms with Crippen LogP contribution in [0.5, 0.6) is 11.5 Å². The Hall–Kier alpha value is -2.81. The third kappa shape index (κ3) is 4.45. The fraction of sp³-hybridized carbons (Fsp3) is 0.550. The van der Waals surface area contributed by atoms with Crippen LogP contribution >= 0.6 is 0 Å². The molecule has 0 radical (unpaired) electrons. The van der Waals surface area contributed by atoms with Gasteiger partial charge in [0.05, 0.1) is 21.3 Å². The van der Waals surface area contributed by atoms with Gasteiger partial charge in [0.25, 0.3) is 11.8 Å². The molecule has 29 heavy (non-hydrogen) atoms. The Balaban J connectivity index is 1.56. The van der Waals surface area contributed by atoms with Gasteiger partial charge >= 0.3 is 6.03 Å². The lowest BCUT2D eigenvalue weighted by atomic mass is 9.82. The molecule has 9 heteroatoms. The van der Waals surface area contributed by atoms with Crippen molar-refractivity contribution >= 4 is 17.8 Å². The van der Waals surface area contributed by atoms with Crippen molar-refractivity contribution in [2.24, 2.45) is 0 Å². The number of hydrogen-bond acceptors (Lipinski definition) is 5. The van der Waals surface area contributed by atoms with E-state index < -0.39 is 11.6 Å². The van der Waals surface area contributed by atoms with E-state index in [2.05, 4.69) is 10.7 Å². The van der Waals surface area contributed by atoms with Gasteiger partial charge in [-0.15, -0.1) is 0 Å². The van der Waals surface area contributed by atoms with Crippen molar-refractivity contribution < 1.29 is 28.8 Å². The minimum absolute atomic E-state index is 0.110. The number of carbonyl (C=O) groups is 3. The van der Waals surface area contributed by atoms with Gasteiger partial charge in [-0.2, -0.15) is 5.01 Å². The lowest BCUT2D eigenvalue weighted by Gasteiger charge is -2.30. The molecule has 1 spiro atoms. The number of carbonyl (C=O) groups excluding carboxylic acids is 3. The number of ether oxygens (including phenoxy) is 2. The van der Waals surface area contributed by atoms with E-state index in [9.17, 15) is 14.4 Å². The van der Waals surface area contributed by atoms with Crippen LogP contribution in [-0.4, -0.2) is 56.2 Å². The minimum Gasteiger partial charge on any atom is -0.493 e. The van der Waals surface area contributed by atoms with Crippen LogP contribution in [0.4, 0.5) is 4.79 Å². The molecule has 1 unspecified atom stereocenters. The number of quaternary nitrogens is 1. The van der Waals surface area contributed by atoms with E-state index >= 15 is 0 Å². The molecule has 3 rings (SSSR count). The maximum Gasteiger partial charge on any atom is 0.344 e. The average Bonchev–Trinajstić information content (AvgIpc) is 2.92.